The second kappa shape index (κ2) is 8.10. The molecule has 1 N–H and O–H groups in total. The van der Waals surface area contributed by atoms with E-state index < -0.39 is 0 Å². The zero-order chi connectivity index (χ0) is 20.5. The molecule has 3 aromatic rings. The van der Waals surface area contributed by atoms with Crippen LogP contribution in [0, 0.1) is 6.92 Å². The first-order valence-electron chi connectivity index (χ1n) is 10.2. The van der Waals surface area contributed by atoms with E-state index in [2.05, 4.69) is 32.5 Å². The lowest BCUT2D eigenvalue weighted by Gasteiger charge is -2.18. The van der Waals surface area contributed by atoms with Crippen LogP contribution < -0.4 is 10.1 Å². The maximum Gasteiger partial charge on any atom is 0.252 e. The van der Waals surface area contributed by atoms with Crippen molar-refractivity contribution >= 4 is 23.5 Å². The van der Waals surface area contributed by atoms with Crippen LogP contribution in [-0.4, -0.2) is 37.5 Å². The van der Waals surface area contributed by atoms with E-state index in [0.717, 1.165) is 35.4 Å². The quantitative estimate of drug-likeness (QED) is 0.684. The number of amides is 1. The van der Waals surface area contributed by atoms with E-state index >= 15 is 0 Å². The van der Waals surface area contributed by atoms with Gasteiger partial charge in [0.15, 0.2) is 0 Å². The van der Waals surface area contributed by atoms with E-state index in [1.165, 1.54) is 12.8 Å². The number of nitrogens with zero attached hydrogens (tertiary/aromatic N) is 4. The summed E-state index contributed by atoms with van der Waals surface area (Å²) in [6.45, 7) is 1.96. The van der Waals surface area contributed by atoms with E-state index in [-0.39, 0.29) is 11.2 Å². The predicted octanol–water partition coefficient (Wildman–Crippen LogP) is 4.07. The molecule has 1 amide bonds. The molecule has 1 aliphatic heterocycles. The summed E-state index contributed by atoms with van der Waals surface area (Å²) in [4.78, 5) is 21.1. The molecule has 2 aliphatic rings. The van der Waals surface area contributed by atoms with Crippen LogP contribution in [0.3, 0.4) is 0 Å². The van der Waals surface area contributed by atoms with Crippen molar-refractivity contribution in [1.82, 2.24) is 19.7 Å². The van der Waals surface area contributed by atoms with Crippen molar-refractivity contribution in [3.05, 3.63) is 59.5 Å². The number of hydrogen-bond acceptors (Lipinski definition) is 6. The topological polar surface area (TPSA) is 81.9 Å². The Morgan fingerprint density at radius 3 is 2.77 bits per heavy atom. The molecular formula is C22H23N5O2S. The van der Waals surface area contributed by atoms with Crippen LogP contribution in [0.4, 0.5) is 5.82 Å². The summed E-state index contributed by atoms with van der Waals surface area (Å²) in [6.07, 6.45) is 8.35. The zero-order valence-corrected chi connectivity index (χ0v) is 17.6. The Kier molecular flexibility index (Phi) is 5.16. The maximum absolute atomic E-state index is 12.5. The first-order chi connectivity index (χ1) is 14.7. The first-order valence-corrected chi connectivity index (χ1v) is 11.3. The Balaban J connectivity index is 1.55. The molecule has 0 unspecified atom stereocenters. The van der Waals surface area contributed by atoms with Crippen LogP contribution in [-0.2, 0) is 4.79 Å². The lowest BCUT2D eigenvalue weighted by atomic mass is 10.0. The number of thioether (sulfide) groups is 1. The monoisotopic (exact) mass is 421 g/mol. The van der Waals surface area contributed by atoms with Crippen LogP contribution in [0.2, 0.25) is 0 Å². The Morgan fingerprint density at radius 2 is 1.97 bits per heavy atom. The molecular weight excluding hydrogens is 398 g/mol. The van der Waals surface area contributed by atoms with Gasteiger partial charge in [-0.2, -0.15) is 9.78 Å². The number of carbonyl (C=O) groups is 1. The Hall–Kier alpha value is -2.87. The highest BCUT2D eigenvalue weighted by Gasteiger charge is 2.31. The van der Waals surface area contributed by atoms with E-state index in [9.17, 15) is 4.79 Å². The molecule has 0 spiro atoms. The summed E-state index contributed by atoms with van der Waals surface area (Å²) in [5.74, 6) is 2.27. The lowest BCUT2D eigenvalue weighted by molar-refractivity contribution is -0.113. The minimum Gasteiger partial charge on any atom is -0.490 e. The molecule has 0 bridgehead atoms. The predicted molar refractivity (Wildman–Crippen MR) is 116 cm³/mol. The molecule has 30 heavy (non-hydrogen) atoms. The standard InChI is InChI=1S/C22H23N5O2S/c1-14-19-20(15-6-4-9-17(12-15)29-16-7-2-3-8-16)30-13-18(28)25-21(19)27(26-14)22-23-10-5-11-24-22/h4-6,9-12,16,20H,2-3,7-8,13H2,1H3,(H,25,28)/t20-/m1/s1. The van der Waals surface area contributed by atoms with Crippen LogP contribution in [0.5, 0.6) is 5.75 Å². The number of nitrogens with one attached hydrogen (secondary N) is 1. The second-order valence-electron chi connectivity index (χ2n) is 7.64. The number of carbonyl (C=O) groups excluding carboxylic acids is 1. The van der Waals surface area contributed by atoms with Gasteiger partial charge in [-0.1, -0.05) is 12.1 Å². The van der Waals surface area contributed by atoms with Crippen molar-refractivity contribution in [2.45, 2.75) is 44.0 Å². The number of aromatic nitrogens is 4. The number of aryl methyl sites for hydroxylation is 1. The van der Waals surface area contributed by atoms with Crippen LogP contribution in [0.25, 0.3) is 5.95 Å². The highest BCUT2D eigenvalue weighted by molar-refractivity contribution is 8.00. The molecule has 3 heterocycles. The summed E-state index contributed by atoms with van der Waals surface area (Å²) in [7, 11) is 0. The Bertz CT molecular complexity index is 1060. The fourth-order valence-electron chi connectivity index (χ4n) is 4.14. The summed E-state index contributed by atoms with van der Waals surface area (Å²) >= 11 is 1.60. The number of anilines is 1. The normalized spacial score (nSPS) is 19.2. The fourth-order valence-corrected chi connectivity index (χ4v) is 5.32. The van der Waals surface area contributed by atoms with Gasteiger partial charge >= 0.3 is 0 Å². The van der Waals surface area contributed by atoms with Crippen molar-refractivity contribution in [1.29, 1.82) is 0 Å². The summed E-state index contributed by atoms with van der Waals surface area (Å²) in [6, 6.07) is 9.99. The van der Waals surface area contributed by atoms with E-state index in [1.54, 1.807) is 34.9 Å². The zero-order valence-electron chi connectivity index (χ0n) is 16.7. The van der Waals surface area contributed by atoms with Crippen molar-refractivity contribution < 1.29 is 9.53 Å². The van der Waals surface area contributed by atoms with Gasteiger partial charge in [-0.15, -0.1) is 11.8 Å². The highest BCUT2D eigenvalue weighted by atomic mass is 32.2. The van der Waals surface area contributed by atoms with Crippen molar-refractivity contribution in [3.8, 4) is 11.7 Å². The third kappa shape index (κ3) is 3.67. The van der Waals surface area contributed by atoms with Gasteiger partial charge in [-0.25, -0.2) is 9.97 Å². The summed E-state index contributed by atoms with van der Waals surface area (Å²) in [5.41, 5.74) is 2.93. The highest BCUT2D eigenvalue weighted by Crippen LogP contribution is 2.44. The van der Waals surface area contributed by atoms with Gasteiger partial charge in [0.1, 0.15) is 11.6 Å². The van der Waals surface area contributed by atoms with Gasteiger partial charge in [0.25, 0.3) is 5.95 Å². The van der Waals surface area contributed by atoms with Crippen molar-refractivity contribution in [3.63, 3.8) is 0 Å². The molecule has 0 radical (unpaired) electrons. The molecule has 1 aromatic carbocycles. The summed E-state index contributed by atoms with van der Waals surface area (Å²) in [5, 5.41) is 7.63. The maximum atomic E-state index is 12.5. The fraction of sp³-hybridized carbons (Fsp3) is 0.364. The second-order valence-corrected chi connectivity index (χ2v) is 8.74. The van der Waals surface area contributed by atoms with Crippen molar-refractivity contribution in [2.24, 2.45) is 0 Å². The van der Waals surface area contributed by atoms with Gasteiger partial charge in [-0.05, 0) is 56.4 Å². The molecule has 7 nitrogen and oxygen atoms in total. The number of ether oxygens (including phenoxy) is 1. The minimum atomic E-state index is -0.0563. The van der Waals surface area contributed by atoms with Crippen molar-refractivity contribution in [2.75, 3.05) is 11.1 Å². The number of fused-ring (bicyclic) bond motifs is 1. The van der Waals surface area contributed by atoms with E-state index in [4.69, 9.17) is 4.74 Å². The molecule has 1 aliphatic carbocycles. The Morgan fingerprint density at radius 1 is 1.17 bits per heavy atom. The molecule has 154 valence electrons. The van der Waals surface area contributed by atoms with Gasteiger partial charge in [0.05, 0.1) is 22.8 Å². The first kappa shape index (κ1) is 19.1. The minimum absolute atomic E-state index is 0.0384. The molecule has 5 rings (SSSR count). The molecule has 0 saturated heterocycles. The number of benzene rings is 1. The van der Waals surface area contributed by atoms with Gasteiger partial charge in [-0.3, -0.25) is 4.79 Å². The van der Waals surface area contributed by atoms with Crippen LogP contribution in [0.1, 0.15) is 47.8 Å². The average molecular weight is 422 g/mol. The smallest absolute Gasteiger partial charge is 0.252 e. The molecule has 1 atom stereocenters. The Labute approximate surface area is 179 Å². The largest absolute Gasteiger partial charge is 0.490 e. The SMILES string of the molecule is Cc1nn(-c2ncccn2)c2c1[C@@H](c1cccc(OC3CCCC3)c1)SCC(=O)N2. The van der Waals surface area contributed by atoms with Gasteiger partial charge in [0, 0.05) is 18.0 Å². The molecule has 1 saturated carbocycles. The summed E-state index contributed by atoms with van der Waals surface area (Å²) < 4.78 is 7.84. The molecule has 8 heteroatoms. The van der Waals surface area contributed by atoms with E-state index in [1.807, 2.05) is 19.1 Å². The van der Waals surface area contributed by atoms with E-state index in [0.29, 0.717) is 23.6 Å². The van der Waals surface area contributed by atoms with Gasteiger partial charge in [0.2, 0.25) is 5.91 Å². The van der Waals surface area contributed by atoms with Gasteiger partial charge < -0.3 is 10.1 Å². The average Bonchev–Trinajstić information content (AvgIpc) is 3.33. The third-order valence-corrected chi connectivity index (χ3v) is 6.79. The lowest BCUT2D eigenvalue weighted by Crippen LogP contribution is -2.16. The number of rotatable bonds is 4. The number of hydrogen-bond donors (Lipinski definition) is 1. The molecule has 1 fully saturated rings. The van der Waals surface area contributed by atoms with Crippen LogP contribution in [0.15, 0.2) is 42.7 Å². The van der Waals surface area contributed by atoms with Crippen LogP contribution >= 0.6 is 11.8 Å². The third-order valence-electron chi connectivity index (χ3n) is 5.52. The molecule has 2 aromatic heterocycles.